The lowest BCUT2D eigenvalue weighted by Crippen LogP contribution is -2.31. The Hall–Kier alpha value is -1.65. The topological polar surface area (TPSA) is 32.3 Å². The second kappa shape index (κ2) is 5.80. The minimum Gasteiger partial charge on any atom is -0.370 e. The summed E-state index contributed by atoms with van der Waals surface area (Å²) in [6.07, 6.45) is 0.399. The zero-order chi connectivity index (χ0) is 13.0. The van der Waals surface area contributed by atoms with Crippen LogP contribution in [0.5, 0.6) is 0 Å². The minimum atomic E-state index is -2.99. The van der Waals surface area contributed by atoms with E-state index in [4.69, 9.17) is 0 Å². The van der Waals surface area contributed by atoms with Gasteiger partial charge in [0.15, 0.2) is 0 Å². The van der Waals surface area contributed by atoms with Gasteiger partial charge in [-0.15, -0.1) is 0 Å². The van der Waals surface area contributed by atoms with Gasteiger partial charge in [0.05, 0.1) is 11.4 Å². The number of hydrogen-bond acceptors (Lipinski definition) is 2. The van der Waals surface area contributed by atoms with Gasteiger partial charge >= 0.3 is 6.43 Å². The molecule has 1 N–H and O–H groups in total. The second-order valence-electron chi connectivity index (χ2n) is 4.35. The maximum Gasteiger partial charge on any atom is 0.315 e. The Bertz CT molecular complexity index is 417. The van der Waals surface area contributed by atoms with Gasteiger partial charge in [-0.05, 0) is 31.4 Å². The van der Waals surface area contributed by atoms with Crippen molar-refractivity contribution < 1.29 is 13.6 Å². The zero-order valence-electron chi connectivity index (χ0n) is 10.0. The highest BCUT2D eigenvalue weighted by Crippen LogP contribution is 2.28. The molecule has 1 fully saturated rings. The summed E-state index contributed by atoms with van der Waals surface area (Å²) < 4.78 is 24.5. The number of nitrogens with one attached hydrogen (secondary N) is 1. The number of carbonyl (C=O) groups excluding carboxylic acids is 1. The van der Waals surface area contributed by atoms with Crippen LogP contribution in [0.1, 0.15) is 19.3 Å². The molecule has 0 bridgehead atoms. The van der Waals surface area contributed by atoms with E-state index < -0.39 is 12.3 Å². The third-order valence-corrected chi connectivity index (χ3v) is 3.06. The van der Waals surface area contributed by atoms with Crippen LogP contribution in [0.25, 0.3) is 0 Å². The van der Waals surface area contributed by atoms with E-state index in [0.717, 1.165) is 31.6 Å². The first-order chi connectivity index (χ1) is 8.68. The fourth-order valence-corrected chi connectivity index (χ4v) is 2.18. The van der Waals surface area contributed by atoms with Gasteiger partial charge in [-0.2, -0.15) is 8.78 Å². The molecule has 1 saturated heterocycles. The predicted molar refractivity (Wildman–Crippen MR) is 67.1 cm³/mol. The number of anilines is 2. The van der Waals surface area contributed by atoms with E-state index in [1.807, 2.05) is 12.1 Å². The summed E-state index contributed by atoms with van der Waals surface area (Å²) >= 11 is 0. The van der Waals surface area contributed by atoms with E-state index in [1.54, 1.807) is 12.1 Å². The van der Waals surface area contributed by atoms with E-state index >= 15 is 0 Å². The number of carbonyl (C=O) groups is 1. The lowest BCUT2D eigenvalue weighted by atomic mass is 10.1. The molecule has 2 rings (SSSR count). The Kier molecular flexibility index (Phi) is 4.12. The first kappa shape index (κ1) is 12.8. The Morgan fingerprint density at radius 1 is 1.17 bits per heavy atom. The fourth-order valence-electron chi connectivity index (χ4n) is 2.18. The van der Waals surface area contributed by atoms with Gasteiger partial charge in [0.2, 0.25) is 0 Å². The van der Waals surface area contributed by atoms with Crippen molar-refractivity contribution in [3.05, 3.63) is 24.3 Å². The summed E-state index contributed by atoms with van der Waals surface area (Å²) in [4.78, 5) is 13.2. The van der Waals surface area contributed by atoms with Crippen LogP contribution in [0.3, 0.4) is 0 Å². The predicted octanol–water partition coefficient (Wildman–Crippen LogP) is 2.88. The molecule has 1 heterocycles. The molecule has 1 aliphatic heterocycles. The summed E-state index contributed by atoms with van der Waals surface area (Å²) in [6.45, 7) is 1.81. The molecule has 18 heavy (non-hydrogen) atoms. The number of amides is 1. The molecule has 1 aromatic rings. The first-order valence-corrected chi connectivity index (χ1v) is 6.11. The van der Waals surface area contributed by atoms with Crippen molar-refractivity contribution in [2.45, 2.75) is 25.7 Å². The molecule has 5 heteroatoms. The van der Waals surface area contributed by atoms with E-state index in [0.29, 0.717) is 5.69 Å². The average molecular weight is 254 g/mol. The standard InChI is InChI=1S/C13H16F2N2O/c14-12(15)13(18)16-10-6-2-3-7-11(10)17-8-4-1-5-9-17/h2-3,6-7,12H,1,4-5,8-9H2,(H,16,18). The average Bonchev–Trinajstić information content (AvgIpc) is 2.40. The number of para-hydroxylation sites is 2. The second-order valence-corrected chi connectivity index (χ2v) is 4.35. The lowest BCUT2D eigenvalue weighted by molar-refractivity contribution is -0.126. The largest absolute Gasteiger partial charge is 0.370 e. The smallest absolute Gasteiger partial charge is 0.315 e. The van der Waals surface area contributed by atoms with Gasteiger partial charge in [0.25, 0.3) is 5.91 Å². The van der Waals surface area contributed by atoms with E-state index in [9.17, 15) is 13.6 Å². The van der Waals surface area contributed by atoms with Gasteiger partial charge in [0, 0.05) is 13.1 Å². The number of benzene rings is 1. The van der Waals surface area contributed by atoms with Gasteiger partial charge in [-0.25, -0.2) is 0 Å². The lowest BCUT2D eigenvalue weighted by Gasteiger charge is -2.30. The Balaban J connectivity index is 2.16. The van der Waals surface area contributed by atoms with Crippen LogP contribution in [0, 0.1) is 0 Å². The van der Waals surface area contributed by atoms with Crippen molar-refractivity contribution in [3.63, 3.8) is 0 Å². The van der Waals surface area contributed by atoms with Gasteiger partial charge in [0.1, 0.15) is 0 Å². The molecule has 1 aromatic carbocycles. The van der Waals surface area contributed by atoms with Crippen molar-refractivity contribution >= 4 is 17.3 Å². The van der Waals surface area contributed by atoms with Gasteiger partial charge < -0.3 is 10.2 Å². The van der Waals surface area contributed by atoms with Crippen LogP contribution in [-0.4, -0.2) is 25.4 Å². The normalized spacial score (nSPS) is 15.8. The van der Waals surface area contributed by atoms with Crippen molar-refractivity contribution in [2.75, 3.05) is 23.3 Å². The van der Waals surface area contributed by atoms with Crippen molar-refractivity contribution in [2.24, 2.45) is 0 Å². The molecular weight excluding hydrogens is 238 g/mol. The van der Waals surface area contributed by atoms with Crippen LogP contribution in [0.15, 0.2) is 24.3 Å². The van der Waals surface area contributed by atoms with Crippen LogP contribution < -0.4 is 10.2 Å². The van der Waals surface area contributed by atoms with Crippen LogP contribution in [0.4, 0.5) is 20.2 Å². The van der Waals surface area contributed by atoms with Crippen LogP contribution in [0.2, 0.25) is 0 Å². The molecule has 1 amide bonds. The maximum atomic E-state index is 12.3. The highest BCUT2D eigenvalue weighted by atomic mass is 19.3. The van der Waals surface area contributed by atoms with Crippen molar-refractivity contribution in [3.8, 4) is 0 Å². The summed E-state index contributed by atoms with van der Waals surface area (Å²) in [5.74, 6) is -1.25. The summed E-state index contributed by atoms with van der Waals surface area (Å²) in [7, 11) is 0. The number of halogens is 2. The molecule has 0 unspecified atom stereocenters. The Morgan fingerprint density at radius 3 is 2.50 bits per heavy atom. The number of rotatable bonds is 3. The van der Waals surface area contributed by atoms with Crippen LogP contribution in [-0.2, 0) is 4.79 Å². The van der Waals surface area contributed by atoms with Crippen molar-refractivity contribution in [1.82, 2.24) is 0 Å². The maximum absolute atomic E-state index is 12.3. The summed E-state index contributed by atoms with van der Waals surface area (Å²) in [5.41, 5.74) is 1.29. The Morgan fingerprint density at radius 2 is 1.83 bits per heavy atom. The molecule has 0 aromatic heterocycles. The molecule has 0 spiro atoms. The quantitative estimate of drug-likeness (QED) is 0.899. The third-order valence-electron chi connectivity index (χ3n) is 3.06. The van der Waals surface area contributed by atoms with E-state index in [-0.39, 0.29) is 0 Å². The molecule has 1 aliphatic rings. The minimum absolute atomic E-state index is 0.463. The highest BCUT2D eigenvalue weighted by Gasteiger charge is 2.19. The number of nitrogens with zero attached hydrogens (tertiary/aromatic N) is 1. The van der Waals surface area contributed by atoms with Crippen molar-refractivity contribution in [1.29, 1.82) is 0 Å². The third kappa shape index (κ3) is 2.97. The molecule has 0 radical (unpaired) electrons. The molecule has 3 nitrogen and oxygen atoms in total. The summed E-state index contributed by atoms with van der Waals surface area (Å²) in [6, 6.07) is 7.09. The zero-order valence-corrected chi connectivity index (χ0v) is 10.0. The van der Waals surface area contributed by atoms with Crippen LogP contribution >= 0.6 is 0 Å². The molecular formula is C13H16F2N2O. The number of alkyl halides is 2. The van der Waals surface area contributed by atoms with Gasteiger partial charge in [-0.1, -0.05) is 12.1 Å². The summed E-state index contributed by atoms with van der Waals surface area (Å²) in [5, 5.41) is 2.28. The first-order valence-electron chi connectivity index (χ1n) is 6.11. The monoisotopic (exact) mass is 254 g/mol. The molecule has 0 aliphatic carbocycles. The van der Waals surface area contributed by atoms with E-state index in [2.05, 4.69) is 10.2 Å². The number of piperidine rings is 1. The highest BCUT2D eigenvalue weighted by molar-refractivity contribution is 5.96. The fraction of sp³-hybridized carbons (Fsp3) is 0.462. The Labute approximate surface area is 105 Å². The SMILES string of the molecule is O=C(Nc1ccccc1N1CCCCC1)C(F)F. The van der Waals surface area contributed by atoms with E-state index in [1.165, 1.54) is 6.42 Å². The molecule has 0 atom stereocenters. The molecule has 0 saturated carbocycles. The van der Waals surface area contributed by atoms with Gasteiger partial charge in [-0.3, -0.25) is 4.79 Å². The molecule has 98 valence electrons. The number of hydrogen-bond donors (Lipinski definition) is 1.